The maximum Gasteiger partial charge on any atom is 0.270 e. The highest BCUT2D eigenvalue weighted by Gasteiger charge is 2.22. The second-order valence-corrected chi connectivity index (χ2v) is 9.22. The van der Waals surface area contributed by atoms with Gasteiger partial charge in [-0.3, -0.25) is 14.5 Å². The number of fused-ring (bicyclic) bond motifs is 1. The number of β-amino-alcohol motifs (C(OH)–C–C–N with tert-alkyl or cyclic N) is 1. The Morgan fingerprint density at radius 1 is 1.24 bits per heavy atom. The molecular formula is C21H31N7O3S2. The van der Waals surface area contributed by atoms with Crippen LogP contribution in [0.4, 0.5) is 5.82 Å². The molecule has 4 heterocycles. The third-order valence-electron chi connectivity index (χ3n) is 5.92. The molecule has 0 radical (unpaired) electrons. The average Bonchev–Trinajstić information content (AvgIpc) is 3.26. The third kappa shape index (κ3) is 6.85. The first-order valence-corrected chi connectivity index (χ1v) is 11.8. The van der Waals surface area contributed by atoms with Crippen LogP contribution in [0.15, 0.2) is 17.9 Å². The molecule has 1 fully saturated rings. The molecule has 2 aromatic rings. The number of carbonyl (C=O) groups is 2. The molecule has 0 aliphatic carbocycles. The number of aromatic nitrogens is 3. The number of hydrogen-bond donors (Lipinski definition) is 3. The van der Waals surface area contributed by atoms with Crippen LogP contribution in [0.1, 0.15) is 40.8 Å². The molecule has 0 unspecified atom stereocenters. The van der Waals surface area contributed by atoms with E-state index in [1.54, 1.807) is 24.3 Å². The van der Waals surface area contributed by atoms with Gasteiger partial charge < -0.3 is 20.6 Å². The number of aliphatic hydroxyl groups excluding tert-OH is 1. The number of aliphatic hydroxyl groups is 1. The number of amides is 2. The van der Waals surface area contributed by atoms with E-state index >= 15 is 0 Å². The topological polar surface area (TPSA) is 124 Å². The van der Waals surface area contributed by atoms with Gasteiger partial charge in [-0.15, -0.1) is 11.3 Å². The van der Waals surface area contributed by atoms with E-state index < -0.39 is 6.10 Å². The molecule has 2 aliphatic heterocycles. The van der Waals surface area contributed by atoms with Crippen molar-refractivity contribution in [3.63, 3.8) is 0 Å². The number of carbonyl (C=O) groups excluding carboxylic acids is 2. The van der Waals surface area contributed by atoms with E-state index in [2.05, 4.69) is 30.5 Å². The maximum atomic E-state index is 12.5. The Morgan fingerprint density at radius 3 is 2.79 bits per heavy atom. The van der Waals surface area contributed by atoms with Gasteiger partial charge in [0.1, 0.15) is 17.8 Å². The number of rotatable bonds is 7. The van der Waals surface area contributed by atoms with E-state index in [0.29, 0.717) is 25.5 Å². The lowest BCUT2D eigenvalue weighted by Crippen LogP contribution is -2.42. The molecule has 2 aromatic heterocycles. The molecule has 2 aliphatic rings. The highest BCUT2D eigenvalue weighted by molar-refractivity contribution is 7.59. The SMILES string of the molecule is CC(=O)N1CCC(Nc2cc(C(=O)NC[C@H](O)CN3CCc4ncsc4C3)ncn2)CC1.S. The molecule has 10 nitrogen and oxygen atoms in total. The lowest BCUT2D eigenvalue weighted by atomic mass is 10.1. The molecule has 4 rings (SSSR count). The van der Waals surface area contributed by atoms with E-state index in [1.807, 2.05) is 10.4 Å². The summed E-state index contributed by atoms with van der Waals surface area (Å²) in [4.78, 5) is 41.9. The predicted octanol–water partition coefficient (Wildman–Crippen LogP) is 0.618. The van der Waals surface area contributed by atoms with Gasteiger partial charge in [0.25, 0.3) is 5.91 Å². The standard InChI is InChI=1S/C21H29N7O3S.H2S/c1-14(29)28-6-2-15(3-7-28)26-20-8-18(23-12-24-20)21(31)22-9-16(30)10-27-5-4-17-19(11-27)32-13-25-17;/h8,12-13,15-16,30H,2-7,9-11H2,1H3,(H,22,31)(H,23,24,26);1H2/t16-;/m0./s1. The van der Waals surface area contributed by atoms with Crippen molar-refractivity contribution in [1.29, 1.82) is 0 Å². The van der Waals surface area contributed by atoms with Crippen molar-refractivity contribution in [2.75, 3.05) is 38.0 Å². The van der Waals surface area contributed by atoms with Crippen LogP contribution in [0.2, 0.25) is 0 Å². The van der Waals surface area contributed by atoms with Gasteiger partial charge in [0, 0.05) is 69.6 Å². The quantitative estimate of drug-likeness (QED) is 0.513. The molecule has 2 amide bonds. The van der Waals surface area contributed by atoms with Crippen LogP contribution in [-0.4, -0.2) is 86.5 Å². The number of likely N-dealkylation sites (tertiary alicyclic amines) is 1. The second kappa shape index (κ2) is 11.7. The summed E-state index contributed by atoms with van der Waals surface area (Å²) in [7, 11) is 0. The molecule has 1 atom stereocenters. The van der Waals surface area contributed by atoms with Crippen molar-refractivity contribution in [2.45, 2.75) is 44.9 Å². The van der Waals surface area contributed by atoms with Crippen molar-refractivity contribution in [1.82, 2.24) is 30.1 Å². The zero-order chi connectivity index (χ0) is 22.5. The summed E-state index contributed by atoms with van der Waals surface area (Å²) in [6.45, 7) is 5.30. The molecule has 0 aromatic carbocycles. The summed E-state index contributed by atoms with van der Waals surface area (Å²) in [6.07, 6.45) is 3.24. The normalized spacial score (nSPS) is 17.6. The minimum atomic E-state index is -0.667. The van der Waals surface area contributed by atoms with Gasteiger partial charge in [0.15, 0.2) is 0 Å². The number of nitrogens with zero attached hydrogens (tertiary/aromatic N) is 5. The Morgan fingerprint density at radius 2 is 2.03 bits per heavy atom. The van der Waals surface area contributed by atoms with E-state index in [0.717, 1.165) is 38.0 Å². The summed E-state index contributed by atoms with van der Waals surface area (Å²) >= 11 is 1.65. The molecule has 1 saturated heterocycles. The van der Waals surface area contributed by atoms with Gasteiger partial charge >= 0.3 is 0 Å². The number of piperidine rings is 1. The van der Waals surface area contributed by atoms with Gasteiger partial charge in [0.2, 0.25) is 5.91 Å². The van der Waals surface area contributed by atoms with Crippen LogP contribution in [0.25, 0.3) is 0 Å². The molecule has 0 spiro atoms. The summed E-state index contributed by atoms with van der Waals surface area (Å²) in [5.74, 6) is 0.338. The predicted molar refractivity (Wildman–Crippen MR) is 131 cm³/mol. The Labute approximate surface area is 204 Å². The fourth-order valence-corrected chi connectivity index (χ4v) is 4.96. The number of nitrogens with one attached hydrogen (secondary N) is 2. The Hall–Kier alpha value is -2.28. The largest absolute Gasteiger partial charge is 0.390 e. The van der Waals surface area contributed by atoms with Gasteiger partial charge in [-0.05, 0) is 12.8 Å². The van der Waals surface area contributed by atoms with E-state index in [-0.39, 0.29) is 43.6 Å². The Balaban J connectivity index is 0.00000306. The molecule has 33 heavy (non-hydrogen) atoms. The van der Waals surface area contributed by atoms with Crippen LogP contribution < -0.4 is 10.6 Å². The maximum absolute atomic E-state index is 12.5. The molecule has 0 saturated carbocycles. The number of hydrogen-bond acceptors (Lipinski definition) is 9. The Kier molecular flexibility index (Phi) is 9.01. The van der Waals surface area contributed by atoms with Crippen molar-refractivity contribution < 1.29 is 14.7 Å². The fourth-order valence-electron chi connectivity index (χ4n) is 4.10. The first kappa shape index (κ1) is 25.3. The lowest BCUT2D eigenvalue weighted by molar-refractivity contribution is -0.129. The first-order chi connectivity index (χ1) is 15.5. The Bertz CT molecular complexity index is 949. The van der Waals surface area contributed by atoms with Gasteiger partial charge in [-0.25, -0.2) is 15.0 Å². The van der Waals surface area contributed by atoms with Crippen LogP contribution in [0.5, 0.6) is 0 Å². The highest BCUT2D eigenvalue weighted by Crippen LogP contribution is 2.21. The average molecular weight is 494 g/mol. The molecule has 0 bridgehead atoms. The molecule has 3 N–H and O–H groups in total. The zero-order valence-corrected chi connectivity index (χ0v) is 20.5. The second-order valence-electron chi connectivity index (χ2n) is 8.28. The van der Waals surface area contributed by atoms with Crippen molar-refractivity contribution >= 4 is 42.5 Å². The van der Waals surface area contributed by atoms with Crippen molar-refractivity contribution in [3.05, 3.63) is 34.2 Å². The van der Waals surface area contributed by atoms with Gasteiger partial charge in [-0.2, -0.15) is 13.5 Å². The van der Waals surface area contributed by atoms with Crippen LogP contribution in [0.3, 0.4) is 0 Å². The van der Waals surface area contributed by atoms with E-state index in [4.69, 9.17) is 0 Å². The first-order valence-electron chi connectivity index (χ1n) is 10.9. The van der Waals surface area contributed by atoms with Gasteiger partial charge in [0.05, 0.1) is 17.3 Å². The van der Waals surface area contributed by atoms with Gasteiger partial charge in [-0.1, -0.05) is 0 Å². The van der Waals surface area contributed by atoms with Crippen molar-refractivity contribution in [3.8, 4) is 0 Å². The molecule has 180 valence electrons. The molecular weight excluding hydrogens is 462 g/mol. The van der Waals surface area contributed by atoms with Crippen LogP contribution in [0, 0.1) is 0 Å². The lowest BCUT2D eigenvalue weighted by Gasteiger charge is -2.31. The monoisotopic (exact) mass is 493 g/mol. The summed E-state index contributed by atoms with van der Waals surface area (Å²) in [5.41, 5.74) is 3.28. The summed E-state index contributed by atoms with van der Waals surface area (Å²) < 4.78 is 0. The smallest absolute Gasteiger partial charge is 0.270 e. The summed E-state index contributed by atoms with van der Waals surface area (Å²) in [5, 5.41) is 16.5. The van der Waals surface area contributed by atoms with E-state index in [1.165, 1.54) is 11.2 Å². The van der Waals surface area contributed by atoms with Crippen LogP contribution >= 0.6 is 24.8 Å². The van der Waals surface area contributed by atoms with E-state index in [9.17, 15) is 14.7 Å². The minimum Gasteiger partial charge on any atom is -0.390 e. The fraction of sp³-hybridized carbons (Fsp3) is 0.571. The van der Waals surface area contributed by atoms with Crippen LogP contribution in [-0.2, 0) is 17.8 Å². The molecule has 12 heteroatoms. The minimum absolute atomic E-state index is 0. The summed E-state index contributed by atoms with van der Waals surface area (Å²) in [6, 6.07) is 1.82. The third-order valence-corrected chi connectivity index (χ3v) is 6.78. The highest BCUT2D eigenvalue weighted by atomic mass is 32.1. The number of anilines is 1. The zero-order valence-electron chi connectivity index (χ0n) is 18.7. The van der Waals surface area contributed by atoms with Crippen molar-refractivity contribution in [2.24, 2.45) is 0 Å². The number of thiazole rings is 1.